The number of hydrogen-bond donors (Lipinski definition) is 1. The molecule has 1 aliphatic heterocycles. The van der Waals surface area contributed by atoms with E-state index in [1.807, 2.05) is 6.07 Å². The van der Waals surface area contributed by atoms with Gasteiger partial charge in [-0.1, -0.05) is 0 Å². The summed E-state index contributed by atoms with van der Waals surface area (Å²) in [6, 6.07) is 3.81. The third kappa shape index (κ3) is 2.24. The number of rotatable bonds is 4. The maximum atomic E-state index is 10.7. The Morgan fingerprint density at radius 1 is 1.67 bits per heavy atom. The first kappa shape index (κ1) is 9.92. The van der Waals surface area contributed by atoms with Crippen LogP contribution in [0, 0.1) is 0 Å². The van der Waals surface area contributed by atoms with Crippen LogP contribution in [0.1, 0.15) is 0 Å². The molecule has 0 spiro atoms. The van der Waals surface area contributed by atoms with Crippen LogP contribution in [0.3, 0.4) is 0 Å². The van der Waals surface area contributed by atoms with E-state index in [4.69, 9.17) is 9.84 Å². The van der Waals surface area contributed by atoms with Gasteiger partial charge in [-0.15, -0.1) is 0 Å². The second-order valence-electron chi connectivity index (χ2n) is 3.42. The highest BCUT2D eigenvalue weighted by atomic mass is 16.5. The maximum Gasteiger partial charge on any atom is 0.323 e. The zero-order chi connectivity index (χ0) is 10.7. The fraction of sp³-hybridized carbons (Fsp3) is 0.400. The summed E-state index contributed by atoms with van der Waals surface area (Å²) in [5.74, 6) is -0.842. The molecule has 2 heterocycles. The number of aromatic nitrogens is 1. The van der Waals surface area contributed by atoms with Gasteiger partial charge in [-0.3, -0.25) is 9.78 Å². The van der Waals surface area contributed by atoms with Crippen LogP contribution in [0.2, 0.25) is 0 Å². The van der Waals surface area contributed by atoms with Crippen LogP contribution in [0.15, 0.2) is 24.5 Å². The first-order chi connectivity index (χ1) is 7.27. The molecule has 15 heavy (non-hydrogen) atoms. The fourth-order valence-corrected chi connectivity index (χ4v) is 1.50. The molecule has 2 rings (SSSR count). The van der Waals surface area contributed by atoms with E-state index in [1.54, 1.807) is 23.4 Å². The molecule has 0 radical (unpaired) electrons. The van der Waals surface area contributed by atoms with E-state index in [0.717, 1.165) is 5.69 Å². The lowest BCUT2D eigenvalue weighted by Crippen LogP contribution is -2.51. The van der Waals surface area contributed by atoms with Crippen molar-refractivity contribution in [2.24, 2.45) is 0 Å². The number of ether oxygens (including phenoxy) is 1. The molecule has 5 nitrogen and oxygen atoms in total. The molecule has 1 fully saturated rings. The quantitative estimate of drug-likeness (QED) is 0.774. The molecule has 0 unspecified atom stereocenters. The number of pyridine rings is 1. The van der Waals surface area contributed by atoms with Crippen molar-refractivity contribution in [3.05, 3.63) is 24.5 Å². The van der Waals surface area contributed by atoms with Gasteiger partial charge in [-0.2, -0.15) is 0 Å². The fourth-order valence-electron chi connectivity index (χ4n) is 1.50. The molecule has 1 saturated heterocycles. The SMILES string of the molecule is O=C(O)CN(c1cccnc1)C1COC1. The van der Waals surface area contributed by atoms with E-state index in [0.29, 0.717) is 13.2 Å². The lowest BCUT2D eigenvalue weighted by atomic mass is 10.2. The van der Waals surface area contributed by atoms with Crippen molar-refractivity contribution in [3.8, 4) is 0 Å². The molecule has 1 aromatic rings. The van der Waals surface area contributed by atoms with Gasteiger partial charge in [0.05, 0.1) is 31.1 Å². The number of aliphatic carboxylic acids is 1. The highest BCUT2D eigenvalue weighted by Gasteiger charge is 2.27. The largest absolute Gasteiger partial charge is 0.480 e. The zero-order valence-corrected chi connectivity index (χ0v) is 8.17. The van der Waals surface area contributed by atoms with Gasteiger partial charge < -0.3 is 14.7 Å². The molecule has 1 aliphatic rings. The smallest absolute Gasteiger partial charge is 0.323 e. The van der Waals surface area contributed by atoms with Gasteiger partial charge in [0.1, 0.15) is 6.54 Å². The Morgan fingerprint density at radius 2 is 2.47 bits per heavy atom. The summed E-state index contributed by atoms with van der Waals surface area (Å²) >= 11 is 0. The number of nitrogens with zero attached hydrogens (tertiary/aromatic N) is 2. The molecule has 0 amide bonds. The Hall–Kier alpha value is -1.62. The average Bonchev–Trinajstić information content (AvgIpc) is 2.15. The minimum absolute atomic E-state index is 0.0142. The van der Waals surface area contributed by atoms with Crippen LogP contribution in [-0.2, 0) is 9.53 Å². The summed E-state index contributed by atoms with van der Waals surface area (Å²) in [5, 5.41) is 8.81. The Morgan fingerprint density at radius 3 is 2.93 bits per heavy atom. The van der Waals surface area contributed by atoms with Gasteiger partial charge in [0.2, 0.25) is 0 Å². The molecule has 0 aliphatic carbocycles. The van der Waals surface area contributed by atoms with Crippen molar-refractivity contribution in [1.29, 1.82) is 0 Å². The summed E-state index contributed by atoms with van der Waals surface area (Å²) in [7, 11) is 0. The third-order valence-corrected chi connectivity index (χ3v) is 2.34. The van der Waals surface area contributed by atoms with E-state index in [9.17, 15) is 4.79 Å². The molecule has 0 bridgehead atoms. The van der Waals surface area contributed by atoms with E-state index in [-0.39, 0.29) is 12.6 Å². The summed E-state index contributed by atoms with van der Waals surface area (Å²) in [6.45, 7) is 1.16. The average molecular weight is 208 g/mol. The van der Waals surface area contributed by atoms with E-state index in [2.05, 4.69) is 4.98 Å². The first-order valence-corrected chi connectivity index (χ1v) is 4.73. The highest BCUT2D eigenvalue weighted by Crippen LogP contribution is 2.19. The van der Waals surface area contributed by atoms with Gasteiger partial charge in [-0.05, 0) is 12.1 Å². The minimum Gasteiger partial charge on any atom is -0.480 e. The van der Waals surface area contributed by atoms with E-state index < -0.39 is 5.97 Å². The minimum atomic E-state index is -0.842. The second kappa shape index (κ2) is 4.27. The van der Waals surface area contributed by atoms with Crippen LogP contribution >= 0.6 is 0 Å². The molecular formula is C10H12N2O3. The second-order valence-corrected chi connectivity index (χ2v) is 3.42. The van der Waals surface area contributed by atoms with Crippen molar-refractivity contribution in [1.82, 2.24) is 4.98 Å². The Balaban J connectivity index is 2.14. The monoisotopic (exact) mass is 208 g/mol. The van der Waals surface area contributed by atoms with Crippen molar-refractivity contribution < 1.29 is 14.6 Å². The number of carboxylic acids is 1. The summed E-state index contributed by atoms with van der Waals surface area (Å²) in [6.07, 6.45) is 3.33. The summed E-state index contributed by atoms with van der Waals surface area (Å²) in [5.41, 5.74) is 0.827. The summed E-state index contributed by atoms with van der Waals surface area (Å²) < 4.78 is 5.06. The molecular weight excluding hydrogens is 196 g/mol. The Bertz CT molecular complexity index is 338. The maximum absolute atomic E-state index is 10.7. The van der Waals surface area contributed by atoms with Crippen molar-refractivity contribution in [2.45, 2.75) is 6.04 Å². The van der Waals surface area contributed by atoms with Gasteiger partial charge in [-0.25, -0.2) is 0 Å². The van der Waals surface area contributed by atoms with Crippen molar-refractivity contribution >= 4 is 11.7 Å². The first-order valence-electron chi connectivity index (χ1n) is 4.73. The molecule has 0 aromatic carbocycles. The topological polar surface area (TPSA) is 62.7 Å². The standard InChI is InChI=1S/C10H12N2O3/c13-10(14)5-12(9-6-15-7-9)8-2-1-3-11-4-8/h1-4,9H,5-7H2,(H,13,14). The Labute approximate surface area is 87.3 Å². The number of carboxylic acid groups (broad SMARTS) is 1. The molecule has 0 saturated carbocycles. The van der Waals surface area contributed by atoms with Crippen LogP contribution in [-0.4, -0.2) is 41.9 Å². The van der Waals surface area contributed by atoms with E-state index in [1.165, 1.54) is 0 Å². The van der Waals surface area contributed by atoms with E-state index >= 15 is 0 Å². The third-order valence-electron chi connectivity index (χ3n) is 2.34. The van der Waals surface area contributed by atoms with Crippen LogP contribution < -0.4 is 4.90 Å². The molecule has 80 valence electrons. The molecule has 5 heteroatoms. The number of carbonyl (C=O) groups is 1. The molecule has 1 aromatic heterocycles. The predicted molar refractivity (Wildman–Crippen MR) is 53.8 cm³/mol. The van der Waals surface area contributed by atoms with Crippen molar-refractivity contribution in [2.75, 3.05) is 24.7 Å². The van der Waals surface area contributed by atoms with Crippen LogP contribution in [0.25, 0.3) is 0 Å². The van der Waals surface area contributed by atoms with Crippen molar-refractivity contribution in [3.63, 3.8) is 0 Å². The van der Waals surface area contributed by atoms with Gasteiger partial charge >= 0.3 is 5.97 Å². The summed E-state index contributed by atoms with van der Waals surface area (Å²) in [4.78, 5) is 16.5. The lowest BCUT2D eigenvalue weighted by Gasteiger charge is -2.37. The zero-order valence-electron chi connectivity index (χ0n) is 8.17. The highest BCUT2D eigenvalue weighted by molar-refractivity contribution is 5.74. The lowest BCUT2D eigenvalue weighted by molar-refractivity contribution is -0.135. The van der Waals surface area contributed by atoms with Crippen LogP contribution in [0.5, 0.6) is 0 Å². The number of anilines is 1. The predicted octanol–water partition coefficient (Wildman–Crippen LogP) is 0.371. The van der Waals surface area contributed by atoms with Gasteiger partial charge in [0.25, 0.3) is 0 Å². The Kier molecular flexibility index (Phi) is 2.82. The van der Waals surface area contributed by atoms with Gasteiger partial charge in [0.15, 0.2) is 0 Å². The number of hydrogen-bond acceptors (Lipinski definition) is 4. The van der Waals surface area contributed by atoms with Crippen LogP contribution in [0.4, 0.5) is 5.69 Å². The molecule has 1 N–H and O–H groups in total. The normalized spacial score (nSPS) is 15.7. The van der Waals surface area contributed by atoms with Gasteiger partial charge in [0, 0.05) is 6.20 Å². The molecule has 0 atom stereocenters.